The van der Waals surface area contributed by atoms with Gasteiger partial charge in [0.15, 0.2) is 0 Å². The second-order valence-electron chi connectivity index (χ2n) is 6.25. The first-order chi connectivity index (χ1) is 11.8. The van der Waals surface area contributed by atoms with Crippen molar-refractivity contribution in [1.82, 2.24) is 19.9 Å². The number of fused-ring (bicyclic) bond motifs is 1. The number of imidazole rings is 1. The first kappa shape index (κ1) is 14.9. The summed E-state index contributed by atoms with van der Waals surface area (Å²) in [6, 6.07) is 12.0. The molecule has 122 valence electrons. The molecule has 0 radical (unpaired) electrons. The normalized spacial score (nSPS) is 17.5. The van der Waals surface area contributed by atoms with Crippen molar-refractivity contribution in [3.8, 4) is 0 Å². The van der Waals surface area contributed by atoms with Crippen molar-refractivity contribution in [2.24, 2.45) is 0 Å². The Labute approximate surface area is 140 Å². The number of carbonyl (C=O) groups excluding carboxylic acids is 1. The summed E-state index contributed by atoms with van der Waals surface area (Å²) >= 11 is 0. The van der Waals surface area contributed by atoms with Gasteiger partial charge in [-0.15, -0.1) is 0 Å². The molecule has 1 amide bonds. The maximum Gasteiger partial charge on any atom is 0.223 e. The van der Waals surface area contributed by atoms with Crippen LogP contribution >= 0.6 is 0 Å². The van der Waals surface area contributed by atoms with Crippen LogP contribution in [0.5, 0.6) is 0 Å². The number of likely N-dealkylation sites (tertiary alicyclic amines) is 1. The summed E-state index contributed by atoms with van der Waals surface area (Å²) in [5.74, 6) is 1.10. The molecule has 1 aliphatic rings. The van der Waals surface area contributed by atoms with E-state index < -0.39 is 0 Å². The lowest BCUT2D eigenvalue weighted by molar-refractivity contribution is -0.132. The molecule has 2 aromatic heterocycles. The van der Waals surface area contributed by atoms with Gasteiger partial charge in [-0.3, -0.25) is 9.78 Å². The van der Waals surface area contributed by atoms with Gasteiger partial charge in [-0.05, 0) is 43.0 Å². The van der Waals surface area contributed by atoms with Crippen molar-refractivity contribution >= 4 is 16.9 Å². The Hall–Kier alpha value is -2.69. The predicted molar refractivity (Wildman–Crippen MR) is 92.3 cm³/mol. The van der Waals surface area contributed by atoms with Crippen molar-refractivity contribution in [2.45, 2.75) is 31.7 Å². The lowest BCUT2D eigenvalue weighted by atomic mass is 10.1. The quantitative estimate of drug-likeness (QED) is 0.802. The van der Waals surface area contributed by atoms with E-state index in [0.29, 0.717) is 6.42 Å². The summed E-state index contributed by atoms with van der Waals surface area (Å²) < 4.78 is 0. The van der Waals surface area contributed by atoms with E-state index in [2.05, 4.69) is 15.0 Å². The average Bonchev–Trinajstić information content (AvgIpc) is 3.26. The number of H-pyrrole nitrogens is 1. The number of aromatic nitrogens is 3. The number of aryl methyl sites for hydroxylation is 1. The molecule has 0 bridgehead atoms. The number of hydrogen-bond donors (Lipinski definition) is 1. The van der Waals surface area contributed by atoms with Crippen molar-refractivity contribution in [3.05, 3.63) is 60.2 Å². The number of aromatic amines is 1. The largest absolute Gasteiger partial charge is 0.340 e. The molecule has 3 heterocycles. The van der Waals surface area contributed by atoms with Crippen LogP contribution in [0, 0.1) is 0 Å². The number of nitrogens with zero attached hydrogens (tertiary/aromatic N) is 3. The van der Waals surface area contributed by atoms with E-state index in [0.717, 1.165) is 48.2 Å². The number of rotatable bonds is 4. The maximum atomic E-state index is 12.7. The van der Waals surface area contributed by atoms with E-state index in [1.165, 1.54) is 0 Å². The topological polar surface area (TPSA) is 61.9 Å². The van der Waals surface area contributed by atoms with E-state index in [-0.39, 0.29) is 11.9 Å². The van der Waals surface area contributed by atoms with Gasteiger partial charge in [-0.1, -0.05) is 18.2 Å². The van der Waals surface area contributed by atoms with Crippen LogP contribution in [0.15, 0.2) is 48.8 Å². The van der Waals surface area contributed by atoms with Gasteiger partial charge in [-0.25, -0.2) is 4.98 Å². The van der Waals surface area contributed by atoms with Crippen LogP contribution in [0.3, 0.4) is 0 Å². The molecule has 1 saturated heterocycles. The van der Waals surface area contributed by atoms with Crippen LogP contribution in [0.25, 0.3) is 11.0 Å². The summed E-state index contributed by atoms with van der Waals surface area (Å²) in [7, 11) is 0. The number of amides is 1. The number of pyridine rings is 1. The molecule has 1 aliphatic heterocycles. The highest BCUT2D eigenvalue weighted by Crippen LogP contribution is 2.32. The first-order valence-electron chi connectivity index (χ1n) is 8.44. The second-order valence-corrected chi connectivity index (χ2v) is 6.25. The first-order valence-corrected chi connectivity index (χ1v) is 8.44. The molecule has 5 heteroatoms. The lowest BCUT2D eigenvalue weighted by Crippen LogP contribution is -2.31. The standard InChI is InChI=1S/C19H20N4O/c24-18(10-9-14-5-3-11-20-13-14)23-12-4-8-17(23)19-21-15-6-1-2-7-16(15)22-19/h1-3,5-7,11,13,17H,4,8-10,12H2,(H,21,22). The third kappa shape index (κ3) is 2.89. The zero-order valence-corrected chi connectivity index (χ0v) is 13.5. The van der Waals surface area contributed by atoms with Gasteiger partial charge in [0.05, 0.1) is 17.1 Å². The highest BCUT2D eigenvalue weighted by molar-refractivity contribution is 5.78. The number of carbonyl (C=O) groups is 1. The van der Waals surface area contributed by atoms with E-state index >= 15 is 0 Å². The van der Waals surface area contributed by atoms with Gasteiger partial charge in [0, 0.05) is 25.4 Å². The lowest BCUT2D eigenvalue weighted by Gasteiger charge is -2.23. The molecule has 0 aliphatic carbocycles. The molecule has 1 atom stereocenters. The zero-order valence-electron chi connectivity index (χ0n) is 13.5. The second kappa shape index (κ2) is 6.43. The minimum Gasteiger partial charge on any atom is -0.340 e. The summed E-state index contributed by atoms with van der Waals surface area (Å²) in [5.41, 5.74) is 3.09. The number of benzene rings is 1. The van der Waals surface area contributed by atoms with Crippen molar-refractivity contribution in [3.63, 3.8) is 0 Å². The van der Waals surface area contributed by atoms with Gasteiger partial charge >= 0.3 is 0 Å². The molecule has 3 aromatic rings. The Kier molecular flexibility index (Phi) is 3.99. The average molecular weight is 320 g/mol. The highest BCUT2D eigenvalue weighted by Gasteiger charge is 2.31. The van der Waals surface area contributed by atoms with Gasteiger partial charge in [0.25, 0.3) is 0 Å². The molecule has 4 rings (SSSR count). The molecule has 24 heavy (non-hydrogen) atoms. The highest BCUT2D eigenvalue weighted by atomic mass is 16.2. The smallest absolute Gasteiger partial charge is 0.223 e. The van der Waals surface area contributed by atoms with E-state index in [1.54, 1.807) is 6.20 Å². The molecular weight excluding hydrogens is 300 g/mol. The molecule has 5 nitrogen and oxygen atoms in total. The van der Waals surface area contributed by atoms with Gasteiger partial charge in [0.1, 0.15) is 5.82 Å². The number of para-hydroxylation sites is 2. The summed E-state index contributed by atoms with van der Waals surface area (Å²) in [5, 5.41) is 0. The fraction of sp³-hybridized carbons (Fsp3) is 0.316. The van der Waals surface area contributed by atoms with Crippen molar-refractivity contribution in [1.29, 1.82) is 0 Å². The number of hydrogen-bond acceptors (Lipinski definition) is 3. The summed E-state index contributed by atoms with van der Waals surface area (Å²) in [6.07, 6.45) is 6.83. The Balaban J connectivity index is 1.48. The maximum absolute atomic E-state index is 12.7. The van der Waals surface area contributed by atoms with Crippen LogP contribution in [0.1, 0.15) is 36.7 Å². The summed E-state index contributed by atoms with van der Waals surface area (Å²) in [6.45, 7) is 0.813. The SMILES string of the molecule is O=C(CCc1cccnc1)N1CCCC1c1nc2ccccc2[nH]1. The minimum atomic E-state index is 0.0683. The minimum absolute atomic E-state index is 0.0683. The predicted octanol–water partition coefficient (Wildman–Crippen LogP) is 3.25. The van der Waals surface area contributed by atoms with Crippen LogP contribution < -0.4 is 0 Å². The fourth-order valence-corrected chi connectivity index (χ4v) is 3.42. The molecular formula is C19H20N4O. The van der Waals surface area contributed by atoms with E-state index in [1.807, 2.05) is 47.5 Å². The fourth-order valence-electron chi connectivity index (χ4n) is 3.42. The third-order valence-electron chi connectivity index (χ3n) is 4.65. The van der Waals surface area contributed by atoms with E-state index in [9.17, 15) is 4.79 Å². The van der Waals surface area contributed by atoms with Gasteiger partial charge < -0.3 is 9.88 Å². The molecule has 1 unspecified atom stereocenters. The third-order valence-corrected chi connectivity index (χ3v) is 4.65. The monoisotopic (exact) mass is 320 g/mol. The van der Waals surface area contributed by atoms with E-state index in [4.69, 9.17) is 0 Å². The number of nitrogens with one attached hydrogen (secondary N) is 1. The Morgan fingerprint density at radius 2 is 2.17 bits per heavy atom. The Morgan fingerprint density at radius 3 is 3.00 bits per heavy atom. The molecule has 0 saturated carbocycles. The van der Waals surface area contributed by atoms with Crippen molar-refractivity contribution in [2.75, 3.05) is 6.54 Å². The van der Waals surface area contributed by atoms with Crippen molar-refractivity contribution < 1.29 is 4.79 Å². The van der Waals surface area contributed by atoms with Crippen LogP contribution in [0.4, 0.5) is 0 Å². The zero-order chi connectivity index (χ0) is 16.4. The summed E-state index contributed by atoms with van der Waals surface area (Å²) in [4.78, 5) is 26.8. The van der Waals surface area contributed by atoms with Gasteiger partial charge in [-0.2, -0.15) is 0 Å². The Bertz CT molecular complexity index is 810. The van der Waals surface area contributed by atoms with Crippen LogP contribution in [-0.2, 0) is 11.2 Å². The van der Waals surface area contributed by atoms with Gasteiger partial charge in [0.2, 0.25) is 5.91 Å². The van der Waals surface area contributed by atoms with Crippen LogP contribution in [0.2, 0.25) is 0 Å². The molecule has 1 N–H and O–H groups in total. The van der Waals surface area contributed by atoms with Crippen LogP contribution in [-0.4, -0.2) is 32.3 Å². The molecule has 1 aromatic carbocycles. The molecule has 1 fully saturated rings. The Morgan fingerprint density at radius 1 is 1.25 bits per heavy atom. The molecule has 0 spiro atoms.